The Morgan fingerprint density at radius 1 is 0.921 bits per heavy atom. The highest BCUT2D eigenvalue weighted by molar-refractivity contribution is 5.82. The number of nitrogens with one attached hydrogen (secondary N) is 2. The molecule has 0 spiro atoms. The molecule has 0 unspecified atom stereocenters. The Bertz CT molecular complexity index is 1710. The molecule has 3 aliphatic heterocycles. The molecule has 2 N–H and O–H groups in total. The molecule has 0 radical (unpaired) electrons. The third kappa shape index (κ3) is 4.12. The third-order valence-corrected chi connectivity index (χ3v) is 7.50. The summed E-state index contributed by atoms with van der Waals surface area (Å²) in [7, 11) is 0. The molecule has 5 heterocycles. The van der Waals surface area contributed by atoms with E-state index < -0.39 is 34.3 Å². The van der Waals surface area contributed by atoms with E-state index in [2.05, 4.69) is 15.2 Å². The molecule has 3 saturated heterocycles. The lowest BCUT2D eigenvalue weighted by molar-refractivity contribution is 0.290. The summed E-state index contributed by atoms with van der Waals surface area (Å²) in [5.41, 5.74) is -0.462. The number of anilines is 1. The number of aromatic amines is 1. The van der Waals surface area contributed by atoms with Crippen LogP contribution in [-0.4, -0.2) is 39.3 Å². The SMILES string of the molecule is O=c1[nH]cccc1Cn1c(=O)c2ccc(N3C[C@@H]4CC[C@H]3CN4)cc2n(Cc2cc(F)c(F)c(F)c2)c1=O. The Balaban J connectivity index is 1.54. The lowest BCUT2D eigenvalue weighted by Crippen LogP contribution is -2.61. The molecular formula is C27H24F3N5O3. The minimum atomic E-state index is -1.60. The Hall–Kier alpha value is -4.12. The fraction of sp³-hybridized carbons (Fsp3) is 0.296. The lowest BCUT2D eigenvalue weighted by atomic mass is 9.92. The summed E-state index contributed by atoms with van der Waals surface area (Å²) in [5, 5.41) is 3.70. The average molecular weight is 524 g/mol. The van der Waals surface area contributed by atoms with Gasteiger partial charge in [0.05, 0.1) is 24.0 Å². The first-order chi connectivity index (χ1) is 18.3. The second-order valence-electron chi connectivity index (χ2n) is 9.85. The minimum absolute atomic E-state index is 0.0131. The maximum atomic E-state index is 14.0. The van der Waals surface area contributed by atoms with Gasteiger partial charge in [-0.2, -0.15) is 0 Å². The summed E-state index contributed by atoms with van der Waals surface area (Å²) < 4.78 is 43.8. The van der Waals surface area contributed by atoms with Crippen LogP contribution >= 0.6 is 0 Å². The molecule has 0 aliphatic carbocycles. The summed E-state index contributed by atoms with van der Waals surface area (Å²) in [4.78, 5) is 44.2. The quantitative estimate of drug-likeness (QED) is 0.392. The van der Waals surface area contributed by atoms with Gasteiger partial charge in [-0.1, -0.05) is 6.07 Å². The maximum Gasteiger partial charge on any atom is 0.332 e. The normalized spacial score (nSPS) is 18.9. The third-order valence-electron chi connectivity index (χ3n) is 7.50. The number of nitrogens with zero attached hydrogens (tertiary/aromatic N) is 3. The number of piperazine rings is 1. The maximum absolute atomic E-state index is 14.0. The smallest absolute Gasteiger partial charge is 0.332 e. The van der Waals surface area contributed by atoms with E-state index in [0.717, 1.165) is 48.3 Å². The van der Waals surface area contributed by atoms with Gasteiger partial charge in [-0.15, -0.1) is 0 Å². The van der Waals surface area contributed by atoms with Crippen LogP contribution in [0.15, 0.2) is 63.0 Å². The van der Waals surface area contributed by atoms with Gasteiger partial charge >= 0.3 is 5.69 Å². The fourth-order valence-corrected chi connectivity index (χ4v) is 5.53. The molecule has 7 rings (SSSR count). The van der Waals surface area contributed by atoms with Crippen molar-refractivity contribution in [2.75, 3.05) is 18.0 Å². The van der Waals surface area contributed by atoms with E-state index in [9.17, 15) is 27.6 Å². The van der Waals surface area contributed by atoms with Crippen LogP contribution < -0.4 is 27.0 Å². The molecule has 2 atom stereocenters. The van der Waals surface area contributed by atoms with Gasteiger partial charge in [0.1, 0.15) is 0 Å². The number of hydrogen-bond donors (Lipinski definition) is 2. The molecule has 8 nitrogen and oxygen atoms in total. The van der Waals surface area contributed by atoms with Gasteiger partial charge in [0.25, 0.3) is 11.1 Å². The first kappa shape index (κ1) is 24.2. The van der Waals surface area contributed by atoms with Gasteiger partial charge in [-0.3, -0.25) is 18.7 Å². The second kappa shape index (κ2) is 9.32. The summed E-state index contributed by atoms with van der Waals surface area (Å²) in [6, 6.07) is 10.6. The zero-order valence-corrected chi connectivity index (χ0v) is 20.2. The highest BCUT2D eigenvalue weighted by atomic mass is 19.2. The van der Waals surface area contributed by atoms with Crippen molar-refractivity contribution in [2.45, 2.75) is 38.0 Å². The van der Waals surface area contributed by atoms with E-state index in [0.29, 0.717) is 6.04 Å². The van der Waals surface area contributed by atoms with E-state index in [1.165, 1.54) is 16.8 Å². The van der Waals surface area contributed by atoms with Gasteiger partial charge < -0.3 is 15.2 Å². The predicted octanol–water partition coefficient (Wildman–Crippen LogP) is 2.31. The molecule has 3 fully saturated rings. The van der Waals surface area contributed by atoms with Crippen molar-refractivity contribution < 1.29 is 13.2 Å². The zero-order valence-electron chi connectivity index (χ0n) is 20.2. The van der Waals surface area contributed by atoms with Crippen LogP contribution in [0.2, 0.25) is 0 Å². The average Bonchev–Trinajstić information content (AvgIpc) is 2.93. The van der Waals surface area contributed by atoms with Crippen LogP contribution in [0.25, 0.3) is 10.9 Å². The molecule has 4 aromatic rings. The number of benzene rings is 2. The topological polar surface area (TPSA) is 92.1 Å². The number of halogens is 3. The summed E-state index contributed by atoms with van der Waals surface area (Å²) in [6.45, 7) is 1.00. The van der Waals surface area contributed by atoms with Crippen molar-refractivity contribution in [1.29, 1.82) is 0 Å². The Morgan fingerprint density at radius 2 is 1.71 bits per heavy atom. The van der Waals surface area contributed by atoms with Crippen molar-refractivity contribution in [2.24, 2.45) is 0 Å². The Kier molecular flexibility index (Phi) is 5.94. The summed E-state index contributed by atoms with van der Waals surface area (Å²) in [5.74, 6) is -4.35. The van der Waals surface area contributed by atoms with Gasteiger partial charge in [-0.25, -0.2) is 18.0 Å². The van der Waals surface area contributed by atoms with Crippen LogP contribution in [0.4, 0.5) is 18.9 Å². The van der Waals surface area contributed by atoms with Gasteiger partial charge in [-0.05, 0) is 54.8 Å². The van der Waals surface area contributed by atoms with Crippen LogP contribution in [0.1, 0.15) is 24.0 Å². The molecule has 2 aromatic carbocycles. The van der Waals surface area contributed by atoms with Crippen molar-refractivity contribution in [3.05, 3.63) is 108 Å². The molecule has 196 valence electrons. The molecule has 2 bridgehead atoms. The van der Waals surface area contributed by atoms with Gasteiger partial charge in [0.2, 0.25) is 0 Å². The highest BCUT2D eigenvalue weighted by Gasteiger charge is 2.33. The van der Waals surface area contributed by atoms with Crippen molar-refractivity contribution in [3.63, 3.8) is 0 Å². The number of hydrogen-bond acceptors (Lipinski definition) is 5. The summed E-state index contributed by atoms with van der Waals surface area (Å²) >= 11 is 0. The van der Waals surface area contributed by atoms with Crippen LogP contribution in [-0.2, 0) is 13.1 Å². The number of fused-ring (bicyclic) bond motifs is 4. The fourth-order valence-electron chi connectivity index (χ4n) is 5.53. The first-order valence-electron chi connectivity index (χ1n) is 12.4. The van der Waals surface area contributed by atoms with E-state index in [4.69, 9.17) is 0 Å². The molecule has 3 aliphatic rings. The zero-order chi connectivity index (χ0) is 26.6. The first-order valence-corrected chi connectivity index (χ1v) is 12.4. The van der Waals surface area contributed by atoms with Crippen LogP contribution in [0, 0.1) is 17.5 Å². The number of piperidine rings is 2. The number of aromatic nitrogens is 3. The Labute approximate surface area is 214 Å². The van der Waals surface area contributed by atoms with E-state index in [1.807, 2.05) is 6.07 Å². The summed E-state index contributed by atoms with van der Waals surface area (Å²) in [6.07, 6.45) is 3.53. The largest absolute Gasteiger partial charge is 0.366 e. The predicted molar refractivity (Wildman–Crippen MR) is 136 cm³/mol. The lowest BCUT2D eigenvalue weighted by Gasteiger charge is -2.47. The standard InChI is InChI=1S/C27H24F3N5O3/c28-21-8-15(9-22(29)24(21)30)12-34-23-10-18(33-14-17-3-4-19(33)11-32-17)5-6-20(23)26(37)35(27(34)38)13-16-2-1-7-31-25(16)36/h1-2,5-10,17,19,32H,3-4,11-14H2,(H,31,36)/t17-,19-/m0/s1. The number of pyridine rings is 1. The molecule has 2 aromatic heterocycles. The van der Waals surface area contributed by atoms with Crippen molar-refractivity contribution >= 4 is 16.6 Å². The van der Waals surface area contributed by atoms with Crippen LogP contribution in [0.5, 0.6) is 0 Å². The molecular weight excluding hydrogens is 499 g/mol. The monoisotopic (exact) mass is 523 g/mol. The van der Waals surface area contributed by atoms with E-state index in [-0.39, 0.29) is 41.2 Å². The number of rotatable bonds is 5. The van der Waals surface area contributed by atoms with Gasteiger partial charge in [0, 0.05) is 42.6 Å². The molecule has 38 heavy (non-hydrogen) atoms. The van der Waals surface area contributed by atoms with Gasteiger partial charge in [0.15, 0.2) is 17.5 Å². The second-order valence-corrected chi connectivity index (χ2v) is 9.85. The molecule has 11 heteroatoms. The van der Waals surface area contributed by atoms with Crippen LogP contribution in [0.3, 0.4) is 0 Å². The van der Waals surface area contributed by atoms with E-state index >= 15 is 0 Å². The molecule has 0 amide bonds. The molecule has 0 saturated carbocycles. The highest BCUT2D eigenvalue weighted by Crippen LogP contribution is 2.30. The van der Waals surface area contributed by atoms with Crippen molar-refractivity contribution in [1.82, 2.24) is 19.4 Å². The minimum Gasteiger partial charge on any atom is -0.366 e. The van der Waals surface area contributed by atoms with E-state index in [1.54, 1.807) is 18.2 Å². The Morgan fingerprint density at radius 3 is 2.37 bits per heavy atom. The van der Waals surface area contributed by atoms with Crippen molar-refractivity contribution in [3.8, 4) is 0 Å². The number of H-pyrrole nitrogens is 1.